The molecule has 4 aromatic heterocycles. The van der Waals surface area contributed by atoms with Crippen molar-refractivity contribution in [3.63, 3.8) is 0 Å². The lowest BCUT2D eigenvalue weighted by molar-refractivity contribution is 0.312. The van der Waals surface area contributed by atoms with Gasteiger partial charge in [-0.25, -0.2) is 4.39 Å². The number of H-pyrrole nitrogens is 2. The topological polar surface area (TPSA) is 111 Å². The molecule has 0 radical (unpaired) electrons. The second-order valence-electron chi connectivity index (χ2n) is 8.38. The van der Waals surface area contributed by atoms with Crippen LogP contribution in [0.25, 0.3) is 17.0 Å². The van der Waals surface area contributed by atoms with Crippen LogP contribution in [0, 0.1) is 18.7 Å². The number of nitrogens with one attached hydrogen (secondary N) is 3. The summed E-state index contributed by atoms with van der Waals surface area (Å²) in [7, 11) is 2.06. The van der Waals surface area contributed by atoms with E-state index < -0.39 is 17.6 Å². The first-order valence-electron chi connectivity index (χ1n) is 11.2. The predicted molar refractivity (Wildman–Crippen MR) is 129 cm³/mol. The first-order valence-corrected chi connectivity index (χ1v) is 11.2. The average molecular weight is 482 g/mol. The highest BCUT2D eigenvalue weighted by Gasteiger charge is 2.21. The number of aromatic nitrogens is 6. The Labute approximate surface area is 200 Å². The first kappa shape index (κ1) is 22.7. The fourth-order valence-corrected chi connectivity index (χ4v) is 3.90. The summed E-state index contributed by atoms with van der Waals surface area (Å²) in [6.45, 7) is 6.83. The van der Waals surface area contributed by atoms with Gasteiger partial charge in [0, 0.05) is 49.4 Å². The minimum atomic E-state index is -0.857. The van der Waals surface area contributed by atoms with Gasteiger partial charge in [-0.1, -0.05) is 6.08 Å². The summed E-state index contributed by atoms with van der Waals surface area (Å²) in [5, 5.41) is 10.2. The van der Waals surface area contributed by atoms with Crippen molar-refractivity contribution in [2.75, 3.05) is 43.4 Å². The van der Waals surface area contributed by atoms with Crippen molar-refractivity contribution in [1.29, 1.82) is 0 Å². The quantitative estimate of drug-likeness (QED) is 0.355. The van der Waals surface area contributed by atoms with Crippen LogP contribution in [-0.4, -0.2) is 68.3 Å². The minimum absolute atomic E-state index is 0.00835. The lowest BCUT2D eigenvalue weighted by Gasteiger charge is -2.33. The number of likely N-dealkylation sites (N-methyl/N-ethyl adjacent to an activating group) is 1. The molecule has 1 saturated heterocycles. The van der Waals surface area contributed by atoms with Gasteiger partial charge in [0.1, 0.15) is 11.3 Å². The van der Waals surface area contributed by atoms with Crippen molar-refractivity contribution in [2.45, 2.75) is 13.8 Å². The molecule has 12 heteroatoms. The summed E-state index contributed by atoms with van der Waals surface area (Å²) >= 11 is 0. The number of allylic oxidation sites excluding steroid dienone is 1. The van der Waals surface area contributed by atoms with Crippen LogP contribution in [0.4, 0.5) is 26.4 Å². The number of pyridine rings is 1. The number of nitrogens with zero attached hydrogens (tertiary/aromatic N) is 6. The average Bonchev–Trinajstić information content (AvgIpc) is 3.44. The Kier molecular flexibility index (Phi) is 6.03. The monoisotopic (exact) mass is 481 g/mol. The third-order valence-corrected chi connectivity index (χ3v) is 5.68. The summed E-state index contributed by atoms with van der Waals surface area (Å²) in [6, 6.07) is 4.90. The van der Waals surface area contributed by atoms with Crippen LogP contribution >= 0.6 is 0 Å². The zero-order valence-corrected chi connectivity index (χ0v) is 19.6. The zero-order chi connectivity index (χ0) is 24.5. The van der Waals surface area contributed by atoms with Gasteiger partial charge in [0.25, 0.3) is 5.88 Å². The van der Waals surface area contributed by atoms with Crippen LogP contribution in [0.1, 0.15) is 18.3 Å². The van der Waals surface area contributed by atoms with Crippen LogP contribution in [0.3, 0.4) is 0 Å². The van der Waals surface area contributed by atoms with Crippen molar-refractivity contribution in [3.05, 3.63) is 47.4 Å². The number of aryl methyl sites for hydroxylation is 1. The normalized spacial score (nSPS) is 14.8. The molecule has 0 atom stereocenters. The smallest absolute Gasteiger partial charge is 0.260 e. The summed E-state index contributed by atoms with van der Waals surface area (Å²) < 4.78 is 35.3. The number of ether oxygens (including phenoxy) is 1. The molecule has 1 aliphatic rings. The number of piperazine rings is 1. The fourth-order valence-electron chi connectivity index (χ4n) is 3.90. The Morgan fingerprint density at radius 3 is 2.66 bits per heavy atom. The third kappa shape index (κ3) is 4.78. The van der Waals surface area contributed by atoms with Crippen molar-refractivity contribution in [3.8, 4) is 11.8 Å². The standard InChI is InChI=1S/C23H25F2N9O/c1-4-5-14-11-16(32-31-14)27-23-28-17(34-8-6-33(3)7-9-34)12-18(29-23)35-22-19(24)15-10-13(2)26-20(15)21(25)30-22/h4-5,10-12,26H,6-9H2,1-3H3,(H2,27,28,29,31,32)/b5-4+. The van der Waals surface area contributed by atoms with Crippen LogP contribution in [0.15, 0.2) is 24.3 Å². The molecule has 3 N–H and O–H groups in total. The van der Waals surface area contributed by atoms with Crippen LogP contribution in [-0.2, 0) is 0 Å². The fraction of sp³-hybridized carbons (Fsp3) is 0.304. The molecule has 1 fully saturated rings. The second-order valence-corrected chi connectivity index (χ2v) is 8.38. The van der Waals surface area contributed by atoms with Gasteiger partial charge < -0.3 is 24.8 Å². The van der Waals surface area contributed by atoms with Crippen LogP contribution < -0.4 is 15.0 Å². The molecule has 5 rings (SSSR count). The zero-order valence-electron chi connectivity index (χ0n) is 19.6. The van der Waals surface area contributed by atoms with E-state index >= 15 is 4.39 Å². The number of fused-ring (bicyclic) bond motifs is 1. The summed E-state index contributed by atoms with van der Waals surface area (Å²) in [5.74, 6) is -0.813. The first-order chi connectivity index (χ1) is 16.9. The SMILES string of the molecule is C/C=C/c1cc(Nc2nc(Oc3nc(F)c4[nH]c(C)cc4c3F)cc(N3CCN(C)CC3)n2)n[nH]1. The highest BCUT2D eigenvalue weighted by atomic mass is 19.1. The lowest BCUT2D eigenvalue weighted by atomic mass is 10.3. The Bertz CT molecular complexity index is 1390. The largest absolute Gasteiger partial charge is 0.417 e. The van der Waals surface area contributed by atoms with Gasteiger partial charge in [0.15, 0.2) is 11.6 Å². The molecule has 4 aromatic rings. The van der Waals surface area contributed by atoms with Gasteiger partial charge in [-0.3, -0.25) is 5.10 Å². The Morgan fingerprint density at radius 2 is 1.89 bits per heavy atom. The van der Waals surface area contributed by atoms with E-state index in [9.17, 15) is 4.39 Å². The molecule has 0 bridgehead atoms. The van der Waals surface area contributed by atoms with Gasteiger partial charge in [0.2, 0.25) is 17.8 Å². The van der Waals surface area contributed by atoms with Crippen molar-refractivity contribution in [1.82, 2.24) is 35.0 Å². The molecule has 0 aliphatic carbocycles. The lowest BCUT2D eigenvalue weighted by Crippen LogP contribution is -2.44. The van der Waals surface area contributed by atoms with Gasteiger partial charge >= 0.3 is 0 Å². The molecule has 35 heavy (non-hydrogen) atoms. The molecular weight excluding hydrogens is 456 g/mol. The molecule has 182 valence electrons. The van der Waals surface area contributed by atoms with E-state index in [1.54, 1.807) is 19.1 Å². The van der Waals surface area contributed by atoms with Gasteiger partial charge in [-0.05, 0) is 33.0 Å². The number of hydrogen-bond acceptors (Lipinski definition) is 8. The number of hydrogen-bond donors (Lipinski definition) is 3. The van der Waals surface area contributed by atoms with Gasteiger partial charge in [0.05, 0.1) is 5.69 Å². The van der Waals surface area contributed by atoms with Gasteiger partial charge in [-0.15, -0.1) is 0 Å². The third-order valence-electron chi connectivity index (χ3n) is 5.68. The summed E-state index contributed by atoms with van der Waals surface area (Å²) in [4.78, 5) is 19.7. The summed E-state index contributed by atoms with van der Waals surface area (Å²) in [5.41, 5.74) is 1.41. The molecule has 1 aliphatic heterocycles. The molecule has 0 unspecified atom stereocenters. The number of anilines is 3. The number of halogens is 2. The number of aromatic amines is 2. The summed E-state index contributed by atoms with van der Waals surface area (Å²) in [6.07, 6.45) is 3.76. The number of rotatable bonds is 6. The van der Waals surface area contributed by atoms with Crippen LogP contribution in [0.5, 0.6) is 11.8 Å². The van der Waals surface area contributed by atoms with E-state index in [1.165, 1.54) is 6.07 Å². The molecule has 0 saturated carbocycles. The van der Waals surface area contributed by atoms with E-state index in [1.807, 2.05) is 19.1 Å². The van der Waals surface area contributed by atoms with E-state index in [0.717, 1.165) is 31.9 Å². The van der Waals surface area contributed by atoms with Crippen LogP contribution in [0.2, 0.25) is 0 Å². The maximum Gasteiger partial charge on any atom is 0.260 e. The minimum Gasteiger partial charge on any atom is -0.417 e. The highest BCUT2D eigenvalue weighted by Crippen LogP contribution is 2.31. The Hall–Kier alpha value is -4.06. The van der Waals surface area contributed by atoms with Gasteiger partial charge in [-0.2, -0.15) is 24.4 Å². The molecule has 0 amide bonds. The Balaban J connectivity index is 1.50. The molecule has 10 nitrogen and oxygen atoms in total. The van der Waals surface area contributed by atoms with Crippen molar-refractivity contribution < 1.29 is 13.5 Å². The van der Waals surface area contributed by atoms with Crippen molar-refractivity contribution >= 4 is 34.6 Å². The molecular formula is C23H25F2N9O. The van der Waals surface area contributed by atoms with E-state index in [2.05, 4.69) is 52.3 Å². The second kappa shape index (κ2) is 9.29. The predicted octanol–water partition coefficient (Wildman–Crippen LogP) is 3.98. The molecule has 0 aromatic carbocycles. The molecule has 0 spiro atoms. The maximum atomic E-state index is 15.1. The highest BCUT2D eigenvalue weighted by molar-refractivity contribution is 5.82. The van der Waals surface area contributed by atoms with E-state index in [-0.39, 0.29) is 22.7 Å². The van der Waals surface area contributed by atoms with E-state index in [0.29, 0.717) is 17.3 Å². The molecule has 5 heterocycles. The Morgan fingerprint density at radius 1 is 1.09 bits per heavy atom. The maximum absolute atomic E-state index is 15.1. The van der Waals surface area contributed by atoms with Crippen molar-refractivity contribution in [2.24, 2.45) is 0 Å². The van der Waals surface area contributed by atoms with E-state index in [4.69, 9.17) is 4.74 Å².